The fraction of sp³-hybridized carbons (Fsp3) is 1.00. The van der Waals surface area contributed by atoms with Crippen LogP contribution in [0, 0.1) is 0 Å². The Morgan fingerprint density at radius 2 is 1.35 bits per heavy atom. The van der Waals surface area contributed by atoms with E-state index in [9.17, 15) is 29.1 Å². The molecule has 21 heteroatoms. The minimum absolute atomic E-state index is 0.0168. The Labute approximate surface area is 233 Å². The summed E-state index contributed by atoms with van der Waals surface area (Å²) in [4.78, 5) is 21.1. The molecule has 0 radical (unpaired) electrons. The average Bonchev–Trinajstić information content (AvgIpc) is 3.60. The van der Waals surface area contributed by atoms with Crippen molar-refractivity contribution in [2.45, 2.75) is 78.4 Å². The summed E-state index contributed by atoms with van der Waals surface area (Å²) in [7, 11) is -3.14. The van der Waals surface area contributed by atoms with Gasteiger partial charge in [0.25, 0.3) is 0 Å². The van der Waals surface area contributed by atoms with Gasteiger partial charge in [0.2, 0.25) is 0 Å². The van der Waals surface area contributed by atoms with Gasteiger partial charge >= 0.3 is 15.6 Å². The Balaban J connectivity index is 1.23. The van der Waals surface area contributed by atoms with Crippen molar-refractivity contribution in [1.29, 1.82) is 0 Å². The van der Waals surface area contributed by atoms with E-state index in [2.05, 4.69) is 0 Å². The third-order valence-electron chi connectivity index (χ3n) is 8.31. The molecular formula is C19H35B3O16P2. The van der Waals surface area contributed by atoms with Gasteiger partial charge in [-0.3, -0.25) is 18.1 Å². The summed E-state index contributed by atoms with van der Waals surface area (Å²) in [5, 5.41) is 20.4. The van der Waals surface area contributed by atoms with Gasteiger partial charge in [0, 0.05) is 7.11 Å². The molecular weight excluding hydrogens is 579 g/mol. The predicted molar refractivity (Wildman–Crippen MR) is 139 cm³/mol. The minimum Gasteiger partial charge on any atom is -0.393 e. The number of aliphatic hydroxyl groups is 2. The standard InChI is InChI=1S/C19H35B3O16P2/c1-17(11(24)8(29-2)14(20)34-17)4-32-39(25,26)38-13-10-16(22)36-19(13,6-31-10)7-33-40(27,28)37-12-9-15(21)35-18(12,3-23)5-30-9/h8-16,23-24H,3-7,20-22H2,1-2H3,(H,25,26)(H,27,28)/t8?,9?,10?,11?,12?,13?,14?,15?,16?,17-,18-,19+/m1/s1. The van der Waals surface area contributed by atoms with Gasteiger partial charge in [-0.05, 0) is 6.92 Å². The zero-order valence-electron chi connectivity index (χ0n) is 22.8. The normalized spacial score (nSPS) is 50.8. The van der Waals surface area contributed by atoms with Crippen molar-refractivity contribution in [3.8, 4) is 0 Å². The van der Waals surface area contributed by atoms with Crippen LogP contribution in [0.2, 0.25) is 0 Å². The maximum absolute atomic E-state index is 13.0. The SMILES string of the molecule is BC1O[C@]2(CO)COC1C2OP(=O)(O)OC[C@]12COC(C(B)O1)C2OP(=O)(O)OC[C@@]1(C)OC(B)C(OC)C1O. The van der Waals surface area contributed by atoms with Crippen LogP contribution in [0.25, 0.3) is 0 Å². The molecule has 5 aliphatic heterocycles. The van der Waals surface area contributed by atoms with Crippen molar-refractivity contribution in [3.05, 3.63) is 0 Å². The first-order valence-electron chi connectivity index (χ1n) is 13.0. The molecule has 16 nitrogen and oxygen atoms in total. The smallest absolute Gasteiger partial charge is 0.393 e. The van der Waals surface area contributed by atoms with Gasteiger partial charge in [-0.15, -0.1) is 0 Å². The molecule has 226 valence electrons. The second-order valence-electron chi connectivity index (χ2n) is 11.3. The number of phosphoric ester groups is 2. The monoisotopic (exact) mass is 614 g/mol. The molecule has 5 aliphatic rings. The summed E-state index contributed by atoms with van der Waals surface area (Å²) in [5.74, 6) is 0. The van der Waals surface area contributed by atoms with Gasteiger partial charge in [0.1, 0.15) is 77.0 Å². The highest BCUT2D eigenvalue weighted by Crippen LogP contribution is 2.56. The molecule has 5 rings (SSSR count). The zero-order chi connectivity index (χ0) is 29.3. The largest absolute Gasteiger partial charge is 0.472 e. The van der Waals surface area contributed by atoms with Crippen LogP contribution < -0.4 is 0 Å². The first-order chi connectivity index (χ1) is 18.6. The molecule has 5 heterocycles. The second-order valence-corrected chi connectivity index (χ2v) is 14.1. The van der Waals surface area contributed by atoms with Crippen LogP contribution in [0.1, 0.15) is 6.92 Å². The maximum atomic E-state index is 13.0. The third-order valence-corrected chi connectivity index (χ3v) is 10.2. The van der Waals surface area contributed by atoms with E-state index >= 15 is 0 Å². The first kappa shape index (κ1) is 31.5. The lowest BCUT2D eigenvalue weighted by Crippen LogP contribution is -2.47. The molecule has 14 atom stereocenters. The highest BCUT2D eigenvalue weighted by molar-refractivity contribution is 7.47. The molecule has 0 aliphatic carbocycles. The number of fused-ring (bicyclic) bond motifs is 4. The number of hydrogen-bond donors (Lipinski definition) is 4. The number of rotatable bonds is 12. The molecule has 11 unspecified atom stereocenters. The summed E-state index contributed by atoms with van der Waals surface area (Å²) in [6.45, 7) is -0.261. The summed E-state index contributed by atoms with van der Waals surface area (Å²) in [6.07, 6.45) is -5.57. The van der Waals surface area contributed by atoms with E-state index in [0.29, 0.717) is 0 Å². The topological polar surface area (TPSA) is 207 Å². The van der Waals surface area contributed by atoms with E-state index in [4.69, 9.17) is 46.5 Å². The van der Waals surface area contributed by atoms with Crippen molar-refractivity contribution in [2.75, 3.05) is 40.1 Å². The molecule has 5 saturated heterocycles. The van der Waals surface area contributed by atoms with E-state index in [0.717, 1.165) is 0 Å². The quantitative estimate of drug-likeness (QED) is 0.121. The number of phosphoric acid groups is 2. The van der Waals surface area contributed by atoms with Gasteiger partial charge < -0.3 is 48.4 Å². The number of ether oxygens (including phenoxy) is 6. The molecule has 0 aromatic rings. The molecule has 0 saturated carbocycles. The van der Waals surface area contributed by atoms with Crippen LogP contribution in [0.15, 0.2) is 0 Å². The van der Waals surface area contributed by atoms with Crippen molar-refractivity contribution in [1.82, 2.24) is 0 Å². The number of hydrogen-bond acceptors (Lipinski definition) is 14. The van der Waals surface area contributed by atoms with Crippen molar-refractivity contribution >= 4 is 39.2 Å². The summed E-state index contributed by atoms with van der Waals surface area (Å²) < 4.78 is 81.1. The fourth-order valence-electron chi connectivity index (χ4n) is 6.25. The van der Waals surface area contributed by atoms with Crippen LogP contribution in [0.3, 0.4) is 0 Å². The molecule has 0 amide bonds. The molecule has 0 spiro atoms. The molecule has 0 aromatic carbocycles. The van der Waals surface area contributed by atoms with Gasteiger partial charge in [0.15, 0.2) is 0 Å². The molecule has 4 N–H and O–H groups in total. The molecule has 0 aromatic heterocycles. The Hall–Kier alpha value is 0.0948. The lowest BCUT2D eigenvalue weighted by atomic mass is 9.90. The third kappa shape index (κ3) is 5.45. The number of methoxy groups -OCH3 is 1. The van der Waals surface area contributed by atoms with E-state index < -0.39 is 107 Å². The Morgan fingerprint density at radius 1 is 0.850 bits per heavy atom. The van der Waals surface area contributed by atoms with Crippen LogP contribution >= 0.6 is 15.6 Å². The van der Waals surface area contributed by atoms with Gasteiger partial charge in [-0.25, -0.2) is 9.13 Å². The summed E-state index contributed by atoms with van der Waals surface area (Å²) >= 11 is 0. The molecule has 40 heavy (non-hydrogen) atoms. The van der Waals surface area contributed by atoms with E-state index in [1.54, 1.807) is 23.5 Å². The van der Waals surface area contributed by atoms with E-state index in [-0.39, 0.29) is 13.2 Å². The van der Waals surface area contributed by atoms with Crippen molar-refractivity contribution in [3.63, 3.8) is 0 Å². The molecule has 4 bridgehead atoms. The second kappa shape index (κ2) is 10.9. The number of aliphatic hydroxyl groups excluding tert-OH is 2. The highest BCUT2D eigenvalue weighted by atomic mass is 31.2. The van der Waals surface area contributed by atoms with Crippen LogP contribution in [0.5, 0.6) is 0 Å². The zero-order valence-corrected chi connectivity index (χ0v) is 24.6. The highest BCUT2D eigenvalue weighted by Gasteiger charge is 2.65. The van der Waals surface area contributed by atoms with Crippen LogP contribution in [0.4, 0.5) is 0 Å². The van der Waals surface area contributed by atoms with Crippen molar-refractivity contribution < 1.29 is 75.6 Å². The van der Waals surface area contributed by atoms with Gasteiger partial charge in [-0.1, -0.05) is 0 Å². The average molecular weight is 614 g/mol. The lowest BCUT2D eigenvalue weighted by Gasteiger charge is -2.33. The predicted octanol–water partition coefficient (Wildman–Crippen LogP) is -4.64. The van der Waals surface area contributed by atoms with E-state index in [1.165, 1.54) is 14.0 Å². The van der Waals surface area contributed by atoms with Gasteiger partial charge in [-0.2, -0.15) is 0 Å². The van der Waals surface area contributed by atoms with Crippen molar-refractivity contribution in [2.24, 2.45) is 0 Å². The Kier molecular flexibility index (Phi) is 8.60. The van der Waals surface area contributed by atoms with Gasteiger partial charge in [0.05, 0.1) is 51.0 Å². The fourth-order valence-corrected chi connectivity index (χ4v) is 8.37. The van der Waals surface area contributed by atoms with Crippen LogP contribution in [-0.4, -0.2) is 155 Å². The maximum Gasteiger partial charge on any atom is 0.472 e. The Morgan fingerprint density at radius 3 is 1.85 bits per heavy atom. The molecule has 5 fully saturated rings. The Bertz CT molecular complexity index is 1060. The summed E-state index contributed by atoms with van der Waals surface area (Å²) in [6, 6.07) is -1.59. The lowest BCUT2D eigenvalue weighted by molar-refractivity contribution is -0.141. The van der Waals surface area contributed by atoms with E-state index in [1.807, 2.05) is 0 Å². The minimum atomic E-state index is -4.80. The summed E-state index contributed by atoms with van der Waals surface area (Å²) in [5.41, 5.74) is -4.19. The van der Waals surface area contributed by atoms with Crippen LogP contribution in [-0.2, 0) is 55.6 Å². The first-order valence-corrected chi connectivity index (χ1v) is 16.0.